The monoisotopic (exact) mass is 732 g/mol. The van der Waals surface area contributed by atoms with Crippen LogP contribution in [0.2, 0.25) is 0 Å². The van der Waals surface area contributed by atoms with Gasteiger partial charge in [-0.1, -0.05) is 72.8 Å². The van der Waals surface area contributed by atoms with Crippen LogP contribution in [0.1, 0.15) is 85.6 Å². The Kier molecular flexibility index (Phi) is 12.0. The number of carboxylic acids is 1. The van der Waals surface area contributed by atoms with Crippen molar-refractivity contribution in [3.8, 4) is 11.1 Å². The standard InChI is InChI=1S/C43H48N4O7/c48-28-29-15-17-31(18-16-29)39-25-36(27-46-21-19-35(20-22-46)47-38-12-2-1-11-37(38)45-43(47)52)53-42(54-39)34-10-6-9-33(24-34)32-8-5-7-30(23-32)26-44-40(49)13-3-4-14-41(50)51/h1-2,5-12,15-18,23-24,35-36,39,42,48H,3-4,13-14,19-22,25-28H2,(H,44,49)(H,45,52)(H,50,51)/t36-,39+,42+/m1/s1. The summed E-state index contributed by atoms with van der Waals surface area (Å²) in [6.07, 6.45) is 2.92. The fourth-order valence-corrected chi connectivity index (χ4v) is 7.69. The van der Waals surface area contributed by atoms with Crippen molar-refractivity contribution < 1.29 is 29.3 Å². The number of piperidine rings is 1. The average molecular weight is 733 g/mol. The van der Waals surface area contributed by atoms with Gasteiger partial charge in [-0.2, -0.15) is 0 Å². The Morgan fingerprint density at radius 2 is 1.56 bits per heavy atom. The number of hydrogen-bond donors (Lipinski definition) is 4. The number of nitrogens with one attached hydrogen (secondary N) is 2. The molecule has 0 saturated carbocycles. The molecule has 0 spiro atoms. The number of carbonyl (C=O) groups excluding carboxylic acids is 1. The lowest BCUT2D eigenvalue weighted by Crippen LogP contribution is -2.43. The first-order valence-electron chi connectivity index (χ1n) is 18.9. The van der Waals surface area contributed by atoms with Gasteiger partial charge in [0, 0.05) is 57.0 Å². The molecule has 0 radical (unpaired) electrons. The number of H-pyrrole nitrogens is 1. The second-order valence-corrected chi connectivity index (χ2v) is 14.4. The highest BCUT2D eigenvalue weighted by Crippen LogP contribution is 2.39. The second-order valence-electron chi connectivity index (χ2n) is 14.4. The van der Waals surface area contributed by atoms with Crippen LogP contribution in [-0.2, 0) is 32.2 Å². The number of fused-ring (bicyclic) bond motifs is 1. The van der Waals surface area contributed by atoms with Gasteiger partial charge in [-0.05, 0) is 77.8 Å². The van der Waals surface area contributed by atoms with E-state index in [2.05, 4.69) is 33.4 Å². The van der Waals surface area contributed by atoms with Crippen LogP contribution >= 0.6 is 0 Å². The lowest BCUT2D eigenvalue weighted by molar-refractivity contribution is -0.253. The van der Waals surface area contributed by atoms with Gasteiger partial charge in [0.1, 0.15) is 0 Å². The molecule has 3 heterocycles. The zero-order chi connectivity index (χ0) is 37.4. The number of benzene rings is 4. The third-order valence-corrected chi connectivity index (χ3v) is 10.6. The number of rotatable bonds is 14. The van der Waals surface area contributed by atoms with Gasteiger partial charge in [0.05, 0.1) is 29.8 Å². The first-order chi connectivity index (χ1) is 26.3. The van der Waals surface area contributed by atoms with Crippen LogP contribution in [0.3, 0.4) is 0 Å². The maximum absolute atomic E-state index is 12.9. The maximum atomic E-state index is 12.9. The van der Waals surface area contributed by atoms with Crippen molar-refractivity contribution >= 4 is 22.9 Å². The summed E-state index contributed by atoms with van der Waals surface area (Å²) in [5.74, 6) is -0.941. The molecular weight excluding hydrogens is 684 g/mol. The fraction of sp³-hybridized carbons (Fsp3) is 0.372. The van der Waals surface area contributed by atoms with Gasteiger partial charge in [-0.3, -0.25) is 14.2 Å². The quantitative estimate of drug-likeness (QED) is 0.0931. The van der Waals surface area contributed by atoms with E-state index < -0.39 is 12.3 Å². The summed E-state index contributed by atoms with van der Waals surface area (Å²) in [6.45, 7) is 2.82. The minimum atomic E-state index is -0.847. The van der Waals surface area contributed by atoms with E-state index in [0.29, 0.717) is 32.2 Å². The highest BCUT2D eigenvalue weighted by Gasteiger charge is 2.34. The summed E-state index contributed by atoms with van der Waals surface area (Å²) in [7, 11) is 0. The van der Waals surface area contributed by atoms with Gasteiger partial charge in [-0.25, -0.2) is 4.79 Å². The topological polar surface area (TPSA) is 146 Å². The van der Waals surface area contributed by atoms with Crippen molar-refractivity contribution in [3.63, 3.8) is 0 Å². The van der Waals surface area contributed by atoms with E-state index in [4.69, 9.17) is 14.6 Å². The SMILES string of the molecule is O=C(O)CCCCC(=O)NCc1cccc(-c2cccc([C@H]3O[C@@H](CN4CCC(n5c(=O)[nH]c6ccccc65)CC4)C[C@@H](c4ccc(CO)cc4)O3)c2)c1. The third-order valence-electron chi connectivity index (χ3n) is 10.6. The Balaban J connectivity index is 1.03. The fourth-order valence-electron chi connectivity index (χ4n) is 7.69. The molecule has 11 heteroatoms. The Labute approximate surface area is 314 Å². The Bertz CT molecular complexity index is 2100. The van der Waals surface area contributed by atoms with Crippen LogP contribution in [0.5, 0.6) is 0 Å². The molecule has 1 amide bonds. The molecule has 282 valence electrons. The van der Waals surface area contributed by atoms with Crippen molar-refractivity contribution in [2.45, 2.75) is 82.6 Å². The summed E-state index contributed by atoms with van der Waals surface area (Å²) in [5, 5.41) is 21.4. The van der Waals surface area contributed by atoms with Crippen LogP contribution in [-0.4, -0.2) is 62.3 Å². The number of hydrogen-bond acceptors (Lipinski definition) is 7. The van der Waals surface area contributed by atoms with E-state index in [0.717, 1.165) is 76.9 Å². The number of para-hydroxylation sites is 2. The van der Waals surface area contributed by atoms with Crippen LogP contribution in [0, 0.1) is 0 Å². The van der Waals surface area contributed by atoms with Crippen molar-refractivity contribution in [2.75, 3.05) is 19.6 Å². The molecule has 4 N–H and O–H groups in total. The number of likely N-dealkylation sites (tertiary alicyclic amines) is 1. The smallest absolute Gasteiger partial charge is 0.326 e. The molecule has 3 atom stereocenters. The van der Waals surface area contributed by atoms with Crippen LogP contribution in [0.4, 0.5) is 0 Å². The van der Waals surface area contributed by atoms with Gasteiger partial charge < -0.3 is 34.9 Å². The van der Waals surface area contributed by atoms with E-state index in [9.17, 15) is 19.5 Å². The van der Waals surface area contributed by atoms with E-state index in [-0.39, 0.29) is 42.9 Å². The summed E-state index contributed by atoms with van der Waals surface area (Å²) >= 11 is 0. The number of aliphatic hydroxyl groups is 1. The first-order valence-corrected chi connectivity index (χ1v) is 18.9. The van der Waals surface area contributed by atoms with Gasteiger partial charge in [0.2, 0.25) is 5.91 Å². The van der Waals surface area contributed by atoms with E-state index in [1.54, 1.807) is 0 Å². The number of imidazole rings is 1. The lowest BCUT2D eigenvalue weighted by atomic mass is 9.97. The number of amides is 1. The molecule has 7 rings (SSSR count). The minimum Gasteiger partial charge on any atom is -0.481 e. The van der Waals surface area contributed by atoms with Gasteiger partial charge in [0.25, 0.3) is 0 Å². The molecule has 11 nitrogen and oxygen atoms in total. The molecule has 2 aliphatic heterocycles. The predicted molar refractivity (Wildman–Crippen MR) is 206 cm³/mol. The number of carboxylic acid groups (broad SMARTS) is 1. The van der Waals surface area contributed by atoms with Crippen molar-refractivity contribution in [2.24, 2.45) is 0 Å². The Hall–Kier alpha value is -5.07. The average Bonchev–Trinajstić information content (AvgIpc) is 3.54. The van der Waals surface area contributed by atoms with Gasteiger partial charge in [-0.15, -0.1) is 0 Å². The van der Waals surface area contributed by atoms with Crippen molar-refractivity contribution in [1.29, 1.82) is 0 Å². The Morgan fingerprint density at radius 3 is 2.33 bits per heavy atom. The summed E-state index contributed by atoms with van der Waals surface area (Å²) in [5.41, 5.74) is 7.54. The molecular formula is C43H48N4O7. The number of unbranched alkanes of at least 4 members (excludes halogenated alkanes) is 1. The maximum Gasteiger partial charge on any atom is 0.326 e. The van der Waals surface area contributed by atoms with E-state index >= 15 is 0 Å². The second kappa shape index (κ2) is 17.4. The van der Waals surface area contributed by atoms with Gasteiger partial charge in [0.15, 0.2) is 6.29 Å². The first kappa shape index (κ1) is 37.3. The molecule has 54 heavy (non-hydrogen) atoms. The van der Waals surface area contributed by atoms with Crippen LogP contribution in [0.15, 0.2) is 102 Å². The molecule has 5 aromatic rings. The van der Waals surface area contributed by atoms with Gasteiger partial charge >= 0.3 is 11.7 Å². The summed E-state index contributed by atoms with van der Waals surface area (Å²) in [6, 6.07) is 32.2. The molecule has 2 fully saturated rings. The third kappa shape index (κ3) is 9.17. The van der Waals surface area contributed by atoms with Crippen molar-refractivity contribution in [3.05, 3.63) is 130 Å². The summed E-state index contributed by atoms with van der Waals surface area (Å²) in [4.78, 5) is 41.4. The molecule has 0 aliphatic carbocycles. The number of carbonyl (C=O) groups is 2. The predicted octanol–water partition coefficient (Wildman–Crippen LogP) is 6.63. The van der Waals surface area contributed by atoms with Crippen LogP contribution in [0.25, 0.3) is 22.2 Å². The normalized spacial score (nSPS) is 19.5. The number of ether oxygens (including phenoxy) is 2. The number of aromatic nitrogens is 2. The number of aliphatic carboxylic acids is 1. The molecule has 2 aliphatic rings. The number of aliphatic hydroxyl groups excluding tert-OH is 1. The molecule has 0 bridgehead atoms. The largest absolute Gasteiger partial charge is 0.481 e. The zero-order valence-electron chi connectivity index (χ0n) is 30.4. The molecule has 4 aromatic carbocycles. The van der Waals surface area contributed by atoms with E-state index in [1.165, 1.54) is 0 Å². The zero-order valence-corrected chi connectivity index (χ0v) is 30.4. The molecule has 2 saturated heterocycles. The summed E-state index contributed by atoms with van der Waals surface area (Å²) < 4.78 is 15.3. The highest BCUT2D eigenvalue weighted by atomic mass is 16.7. The highest BCUT2D eigenvalue weighted by molar-refractivity contribution is 5.76. The number of aromatic amines is 1. The lowest BCUT2D eigenvalue weighted by Gasteiger charge is -2.40. The molecule has 1 aromatic heterocycles. The molecule has 0 unspecified atom stereocenters. The van der Waals surface area contributed by atoms with E-state index in [1.807, 2.05) is 83.4 Å². The Morgan fingerprint density at radius 1 is 0.815 bits per heavy atom. The van der Waals surface area contributed by atoms with Crippen LogP contribution < -0.4 is 11.0 Å². The number of nitrogens with zero attached hydrogens (tertiary/aromatic N) is 2. The minimum absolute atomic E-state index is 0.0181. The van der Waals surface area contributed by atoms with Crippen molar-refractivity contribution in [1.82, 2.24) is 19.8 Å².